The summed E-state index contributed by atoms with van der Waals surface area (Å²) >= 11 is 0. The highest BCUT2D eigenvalue weighted by atomic mass is 16.3. The summed E-state index contributed by atoms with van der Waals surface area (Å²) in [5.74, 6) is -0.0112. The predicted molar refractivity (Wildman–Crippen MR) is 54.9 cm³/mol. The average molecular weight is 193 g/mol. The summed E-state index contributed by atoms with van der Waals surface area (Å²) in [7, 11) is 0. The second kappa shape index (κ2) is 6.16. The maximum atomic E-state index is 11.2. The van der Waals surface area contributed by atoms with E-state index < -0.39 is 0 Å². The number of rotatable bonds is 5. The zero-order valence-corrected chi connectivity index (χ0v) is 8.07. The largest absolute Gasteiger partial charge is 0.395 e. The van der Waals surface area contributed by atoms with Crippen molar-refractivity contribution in [1.82, 2.24) is 5.32 Å². The Morgan fingerprint density at radius 2 is 2.00 bits per heavy atom. The molecule has 0 atom stereocenters. The van der Waals surface area contributed by atoms with Crippen LogP contribution in [0, 0.1) is 0 Å². The van der Waals surface area contributed by atoms with Crippen molar-refractivity contribution < 1.29 is 9.90 Å². The lowest BCUT2D eigenvalue weighted by molar-refractivity contribution is -0.121. The van der Waals surface area contributed by atoms with Crippen LogP contribution < -0.4 is 5.32 Å². The lowest BCUT2D eigenvalue weighted by Crippen LogP contribution is -2.26. The van der Waals surface area contributed by atoms with Crippen LogP contribution in [0.25, 0.3) is 0 Å². The Kier molecular flexibility index (Phi) is 4.72. The van der Waals surface area contributed by atoms with Gasteiger partial charge in [0.1, 0.15) is 0 Å². The van der Waals surface area contributed by atoms with Crippen LogP contribution in [-0.4, -0.2) is 24.2 Å². The Hall–Kier alpha value is -1.35. The first-order chi connectivity index (χ1) is 6.83. The normalized spacial score (nSPS) is 9.79. The summed E-state index contributed by atoms with van der Waals surface area (Å²) in [6, 6.07) is 9.87. The number of carbonyl (C=O) groups is 1. The number of aliphatic hydroxyl groups excluding tert-OH is 1. The molecule has 0 bridgehead atoms. The van der Waals surface area contributed by atoms with Crippen molar-refractivity contribution in [2.45, 2.75) is 12.8 Å². The summed E-state index contributed by atoms with van der Waals surface area (Å²) in [6.45, 7) is 0.338. The van der Waals surface area contributed by atoms with Gasteiger partial charge in [0, 0.05) is 13.0 Å². The standard InChI is InChI=1S/C11H15NO2/c13-9-8-12-11(14)7-6-10-4-2-1-3-5-10/h1-5,13H,6-9H2,(H,12,14). The van der Waals surface area contributed by atoms with E-state index in [1.54, 1.807) is 0 Å². The second-order valence-electron chi connectivity index (χ2n) is 3.06. The zero-order chi connectivity index (χ0) is 10.2. The lowest BCUT2D eigenvalue weighted by Gasteiger charge is -2.02. The molecule has 1 amide bonds. The SMILES string of the molecule is O=C(CCc1ccccc1)NCCO. The van der Waals surface area contributed by atoms with Crippen LogP contribution in [0.3, 0.4) is 0 Å². The van der Waals surface area contributed by atoms with Crippen LogP contribution >= 0.6 is 0 Å². The zero-order valence-electron chi connectivity index (χ0n) is 8.07. The third-order valence-electron chi connectivity index (χ3n) is 1.92. The highest BCUT2D eigenvalue weighted by molar-refractivity contribution is 5.76. The van der Waals surface area contributed by atoms with E-state index in [-0.39, 0.29) is 12.5 Å². The minimum atomic E-state index is -0.0112. The van der Waals surface area contributed by atoms with Crippen molar-refractivity contribution >= 4 is 5.91 Å². The van der Waals surface area contributed by atoms with E-state index >= 15 is 0 Å². The van der Waals surface area contributed by atoms with Gasteiger partial charge in [0.05, 0.1) is 6.61 Å². The van der Waals surface area contributed by atoms with Crippen molar-refractivity contribution in [3.8, 4) is 0 Å². The molecule has 0 aliphatic heterocycles. The van der Waals surface area contributed by atoms with Gasteiger partial charge < -0.3 is 10.4 Å². The Morgan fingerprint density at radius 3 is 2.64 bits per heavy atom. The van der Waals surface area contributed by atoms with Gasteiger partial charge in [-0.25, -0.2) is 0 Å². The van der Waals surface area contributed by atoms with Crippen molar-refractivity contribution in [1.29, 1.82) is 0 Å². The van der Waals surface area contributed by atoms with Crippen LogP contribution in [-0.2, 0) is 11.2 Å². The first kappa shape index (κ1) is 10.7. The Bertz CT molecular complexity index is 272. The Balaban J connectivity index is 2.24. The van der Waals surface area contributed by atoms with Crippen molar-refractivity contribution in [3.63, 3.8) is 0 Å². The summed E-state index contributed by atoms with van der Waals surface area (Å²) in [6.07, 6.45) is 1.22. The molecular formula is C11H15NO2. The van der Waals surface area contributed by atoms with E-state index in [0.29, 0.717) is 13.0 Å². The maximum absolute atomic E-state index is 11.2. The quantitative estimate of drug-likeness (QED) is 0.724. The maximum Gasteiger partial charge on any atom is 0.220 e. The fourth-order valence-electron chi connectivity index (χ4n) is 1.19. The number of carbonyl (C=O) groups excluding carboxylic acids is 1. The molecule has 76 valence electrons. The third-order valence-corrected chi connectivity index (χ3v) is 1.92. The van der Waals surface area contributed by atoms with Crippen molar-refractivity contribution in [2.24, 2.45) is 0 Å². The average Bonchev–Trinajstić information content (AvgIpc) is 2.25. The molecule has 1 aromatic rings. The van der Waals surface area contributed by atoms with E-state index in [1.807, 2.05) is 30.3 Å². The monoisotopic (exact) mass is 193 g/mol. The molecule has 0 saturated heterocycles. The molecule has 0 radical (unpaired) electrons. The van der Waals surface area contributed by atoms with Gasteiger partial charge >= 0.3 is 0 Å². The number of aliphatic hydroxyl groups is 1. The molecule has 3 heteroatoms. The number of nitrogens with one attached hydrogen (secondary N) is 1. The fourth-order valence-corrected chi connectivity index (χ4v) is 1.19. The number of aryl methyl sites for hydroxylation is 1. The van der Waals surface area contributed by atoms with Gasteiger partial charge in [-0.3, -0.25) is 4.79 Å². The number of amides is 1. The topological polar surface area (TPSA) is 49.3 Å². The minimum Gasteiger partial charge on any atom is -0.395 e. The van der Waals surface area contributed by atoms with Gasteiger partial charge in [-0.2, -0.15) is 0 Å². The molecule has 0 saturated carbocycles. The fraction of sp³-hybridized carbons (Fsp3) is 0.364. The molecule has 0 unspecified atom stereocenters. The summed E-state index contributed by atoms with van der Waals surface area (Å²) in [5, 5.41) is 11.1. The van der Waals surface area contributed by atoms with Crippen molar-refractivity contribution in [2.75, 3.05) is 13.2 Å². The van der Waals surface area contributed by atoms with Gasteiger partial charge in [0.15, 0.2) is 0 Å². The molecule has 0 aliphatic carbocycles. The molecule has 0 aliphatic rings. The molecule has 1 rings (SSSR count). The molecule has 14 heavy (non-hydrogen) atoms. The van der Waals surface area contributed by atoms with Gasteiger partial charge in [0.2, 0.25) is 5.91 Å². The molecule has 3 nitrogen and oxygen atoms in total. The van der Waals surface area contributed by atoms with Crippen molar-refractivity contribution in [3.05, 3.63) is 35.9 Å². The van der Waals surface area contributed by atoms with Gasteiger partial charge in [-0.05, 0) is 12.0 Å². The van der Waals surface area contributed by atoms with E-state index in [4.69, 9.17) is 5.11 Å². The Morgan fingerprint density at radius 1 is 1.29 bits per heavy atom. The number of hydrogen-bond acceptors (Lipinski definition) is 2. The predicted octanol–water partition coefficient (Wildman–Crippen LogP) is 0.728. The van der Waals surface area contributed by atoms with Crippen LogP contribution in [0.2, 0.25) is 0 Å². The van der Waals surface area contributed by atoms with E-state index in [2.05, 4.69) is 5.32 Å². The first-order valence-electron chi connectivity index (χ1n) is 4.74. The summed E-state index contributed by atoms with van der Waals surface area (Å²) in [4.78, 5) is 11.2. The third kappa shape index (κ3) is 4.05. The Labute approximate surface area is 83.8 Å². The van der Waals surface area contributed by atoms with E-state index in [0.717, 1.165) is 12.0 Å². The van der Waals surface area contributed by atoms with Gasteiger partial charge in [-0.15, -0.1) is 0 Å². The highest BCUT2D eigenvalue weighted by Crippen LogP contribution is 2.01. The molecule has 0 heterocycles. The summed E-state index contributed by atoms with van der Waals surface area (Å²) in [5.41, 5.74) is 1.16. The van der Waals surface area contributed by atoms with Gasteiger partial charge in [0.25, 0.3) is 0 Å². The van der Waals surface area contributed by atoms with Gasteiger partial charge in [-0.1, -0.05) is 30.3 Å². The molecule has 1 aromatic carbocycles. The summed E-state index contributed by atoms with van der Waals surface area (Å²) < 4.78 is 0. The van der Waals surface area contributed by atoms with Crippen LogP contribution in [0.1, 0.15) is 12.0 Å². The molecule has 0 aromatic heterocycles. The minimum absolute atomic E-state index is 0.00290. The first-order valence-corrected chi connectivity index (χ1v) is 4.74. The number of hydrogen-bond donors (Lipinski definition) is 2. The number of benzene rings is 1. The van der Waals surface area contributed by atoms with Crippen LogP contribution in [0.4, 0.5) is 0 Å². The molecule has 0 spiro atoms. The smallest absolute Gasteiger partial charge is 0.220 e. The lowest BCUT2D eigenvalue weighted by atomic mass is 10.1. The van der Waals surface area contributed by atoms with E-state index in [9.17, 15) is 4.79 Å². The van der Waals surface area contributed by atoms with Crippen LogP contribution in [0.15, 0.2) is 30.3 Å². The molecular weight excluding hydrogens is 178 g/mol. The van der Waals surface area contributed by atoms with E-state index in [1.165, 1.54) is 0 Å². The highest BCUT2D eigenvalue weighted by Gasteiger charge is 2.00. The second-order valence-corrected chi connectivity index (χ2v) is 3.06. The molecule has 0 fully saturated rings. The molecule has 2 N–H and O–H groups in total. The van der Waals surface area contributed by atoms with Crippen LogP contribution in [0.5, 0.6) is 0 Å².